The zero-order chi connectivity index (χ0) is 30.2. The maximum Gasteiger partial charge on any atom is 0.336 e. The van der Waals surface area contributed by atoms with E-state index in [2.05, 4.69) is 15.3 Å². The van der Waals surface area contributed by atoms with Crippen LogP contribution in [0.4, 0.5) is 0 Å². The molecule has 0 spiro atoms. The number of hydrogen-bond donors (Lipinski definition) is 2. The Morgan fingerprint density at radius 1 is 0.952 bits per heavy atom. The van der Waals surface area contributed by atoms with Gasteiger partial charge in [0.2, 0.25) is 0 Å². The van der Waals surface area contributed by atoms with Crippen molar-refractivity contribution in [3.05, 3.63) is 116 Å². The number of aromatic nitrogens is 2. The molecule has 2 aromatic carbocycles. The van der Waals surface area contributed by atoms with E-state index < -0.39 is 23.8 Å². The van der Waals surface area contributed by atoms with Crippen LogP contribution in [-0.2, 0) is 35.0 Å². The fraction of sp³-hybridized carbons (Fsp3) is 0.226. The average molecular weight is 610 g/mol. The molecule has 2 N–H and O–H groups in total. The molecule has 0 radical (unpaired) electrons. The van der Waals surface area contributed by atoms with Gasteiger partial charge in [0.1, 0.15) is 19.0 Å². The molecular weight excluding hydrogens is 581 g/mol. The minimum absolute atomic E-state index is 0.159. The van der Waals surface area contributed by atoms with Crippen molar-refractivity contribution in [3.8, 4) is 0 Å². The topological polar surface area (TPSA) is 120 Å². The molecule has 0 saturated carbocycles. The van der Waals surface area contributed by atoms with Gasteiger partial charge in [-0.05, 0) is 42.7 Å². The largest absolute Gasteiger partial charge is 0.466 e. The highest BCUT2D eigenvalue weighted by Gasteiger charge is 2.39. The summed E-state index contributed by atoms with van der Waals surface area (Å²) in [6.45, 7) is 3.01. The molecule has 1 aromatic heterocycles. The SMILES string of the molecule is COC(=O)C1=C(C)NC(C)=C(C(=O)OCCOC(=O)C=Cc2ccc(Cc3ncc[nH]3)cc2)C1c1cccc(Cl)c1Cl. The third kappa shape index (κ3) is 7.29. The smallest absolute Gasteiger partial charge is 0.336 e. The van der Waals surface area contributed by atoms with Gasteiger partial charge in [-0.2, -0.15) is 0 Å². The van der Waals surface area contributed by atoms with Crippen LogP contribution in [0.25, 0.3) is 6.08 Å². The van der Waals surface area contributed by atoms with Gasteiger partial charge in [0.05, 0.1) is 34.2 Å². The lowest BCUT2D eigenvalue weighted by Crippen LogP contribution is -2.32. The van der Waals surface area contributed by atoms with Crippen LogP contribution in [0, 0.1) is 0 Å². The number of halogens is 2. The molecule has 1 aliphatic heterocycles. The summed E-state index contributed by atoms with van der Waals surface area (Å²) in [5.74, 6) is -1.96. The molecule has 42 heavy (non-hydrogen) atoms. The Bertz CT molecular complexity index is 1560. The number of H-pyrrole nitrogens is 1. The summed E-state index contributed by atoms with van der Waals surface area (Å²) in [6, 6.07) is 12.7. The first kappa shape index (κ1) is 30.6. The number of esters is 3. The Morgan fingerprint density at radius 3 is 2.31 bits per heavy atom. The van der Waals surface area contributed by atoms with Gasteiger partial charge in [0.15, 0.2) is 0 Å². The molecule has 11 heteroatoms. The average Bonchev–Trinajstić information content (AvgIpc) is 3.48. The molecule has 9 nitrogen and oxygen atoms in total. The third-order valence-corrected chi connectivity index (χ3v) is 7.39. The first-order chi connectivity index (χ1) is 20.2. The predicted molar refractivity (Wildman–Crippen MR) is 159 cm³/mol. The van der Waals surface area contributed by atoms with Crippen LogP contribution in [0.15, 0.2) is 83.5 Å². The van der Waals surface area contributed by atoms with E-state index in [4.69, 9.17) is 37.4 Å². The number of nitrogens with one attached hydrogen (secondary N) is 2. The maximum absolute atomic E-state index is 13.3. The summed E-state index contributed by atoms with van der Waals surface area (Å²) in [4.78, 5) is 45.6. The van der Waals surface area contributed by atoms with Crippen LogP contribution in [0.3, 0.4) is 0 Å². The van der Waals surface area contributed by atoms with E-state index in [-0.39, 0.29) is 34.4 Å². The zero-order valence-corrected chi connectivity index (χ0v) is 24.7. The summed E-state index contributed by atoms with van der Waals surface area (Å²) in [5.41, 5.74) is 3.68. The van der Waals surface area contributed by atoms with Gasteiger partial charge in [-0.3, -0.25) is 0 Å². The second-order valence-corrected chi connectivity index (χ2v) is 10.1. The third-order valence-electron chi connectivity index (χ3n) is 6.56. The minimum atomic E-state index is -0.895. The molecule has 0 fully saturated rings. The number of allylic oxidation sites excluding steroid dienone is 2. The minimum Gasteiger partial charge on any atom is -0.466 e. The quantitative estimate of drug-likeness (QED) is 0.133. The lowest BCUT2D eigenvalue weighted by molar-refractivity contribution is -0.147. The number of imidazole rings is 1. The van der Waals surface area contributed by atoms with Gasteiger partial charge in [-0.25, -0.2) is 19.4 Å². The molecule has 1 atom stereocenters. The summed E-state index contributed by atoms with van der Waals surface area (Å²) >= 11 is 12.8. The first-order valence-electron chi connectivity index (χ1n) is 13.0. The maximum atomic E-state index is 13.3. The molecule has 1 unspecified atom stereocenters. The van der Waals surface area contributed by atoms with Crippen LogP contribution >= 0.6 is 23.2 Å². The van der Waals surface area contributed by atoms with Crippen LogP contribution in [0.2, 0.25) is 10.0 Å². The summed E-state index contributed by atoms with van der Waals surface area (Å²) in [5, 5.41) is 3.52. The van der Waals surface area contributed by atoms with Gasteiger partial charge < -0.3 is 24.5 Å². The second-order valence-electron chi connectivity index (χ2n) is 9.36. The van der Waals surface area contributed by atoms with Gasteiger partial charge >= 0.3 is 17.9 Å². The lowest BCUT2D eigenvalue weighted by Gasteiger charge is -2.30. The predicted octanol–water partition coefficient (Wildman–Crippen LogP) is 5.51. The zero-order valence-electron chi connectivity index (χ0n) is 23.2. The molecule has 4 rings (SSSR count). The van der Waals surface area contributed by atoms with E-state index >= 15 is 0 Å². The summed E-state index contributed by atoms with van der Waals surface area (Å²) in [6.07, 6.45) is 7.09. The number of rotatable bonds is 10. The Morgan fingerprint density at radius 2 is 1.64 bits per heavy atom. The van der Waals surface area contributed by atoms with Crippen molar-refractivity contribution in [2.45, 2.75) is 26.2 Å². The van der Waals surface area contributed by atoms with E-state index in [9.17, 15) is 14.4 Å². The molecule has 0 bridgehead atoms. The fourth-order valence-electron chi connectivity index (χ4n) is 4.60. The van der Waals surface area contributed by atoms with E-state index in [1.807, 2.05) is 24.3 Å². The number of nitrogens with zero attached hydrogens (tertiary/aromatic N) is 1. The molecule has 2 heterocycles. The second kappa shape index (κ2) is 14.0. The van der Waals surface area contributed by atoms with Crippen LogP contribution < -0.4 is 5.32 Å². The summed E-state index contributed by atoms with van der Waals surface area (Å²) < 4.78 is 15.6. The molecule has 0 amide bonds. The van der Waals surface area contributed by atoms with Crippen LogP contribution in [0.5, 0.6) is 0 Å². The highest BCUT2D eigenvalue weighted by Crippen LogP contribution is 2.43. The van der Waals surface area contributed by atoms with Gasteiger partial charge in [-0.15, -0.1) is 0 Å². The van der Waals surface area contributed by atoms with Crippen molar-refractivity contribution in [2.24, 2.45) is 0 Å². The number of carbonyl (C=O) groups excluding carboxylic acids is 3. The Balaban J connectivity index is 1.37. The van der Waals surface area contributed by atoms with E-state index in [0.717, 1.165) is 17.0 Å². The number of benzene rings is 2. The van der Waals surface area contributed by atoms with Crippen molar-refractivity contribution in [1.82, 2.24) is 15.3 Å². The molecule has 3 aromatic rings. The lowest BCUT2D eigenvalue weighted by atomic mass is 9.80. The molecular formula is C31H29Cl2N3O6. The Kier molecular flexibility index (Phi) is 10.2. The number of ether oxygens (including phenoxy) is 3. The monoisotopic (exact) mass is 609 g/mol. The van der Waals surface area contributed by atoms with Gasteiger partial charge in [0.25, 0.3) is 0 Å². The number of aromatic amines is 1. The van der Waals surface area contributed by atoms with Crippen molar-refractivity contribution in [2.75, 3.05) is 20.3 Å². The number of dihydropyridines is 1. The van der Waals surface area contributed by atoms with E-state index in [1.165, 1.54) is 13.2 Å². The van der Waals surface area contributed by atoms with Crippen molar-refractivity contribution >= 4 is 47.2 Å². The highest BCUT2D eigenvalue weighted by atomic mass is 35.5. The van der Waals surface area contributed by atoms with Gasteiger partial charge in [0, 0.05) is 36.3 Å². The van der Waals surface area contributed by atoms with E-state index in [0.29, 0.717) is 23.4 Å². The Hall–Kier alpha value is -4.34. The molecule has 0 saturated heterocycles. The Labute approximate surface area is 253 Å². The number of carbonyl (C=O) groups is 3. The molecule has 1 aliphatic rings. The standard InChI is InChI=1S/C31H29Cl2N3O6/c1-18-26(30(38)40-3)28(22-5-4-6-23(32)29(22)33)27(19(2)36-18)31(39)42-16-15-41-25(37)12-11-20-7-9-21(10-8-20)17-24-34-13-14-35-24/h4-14,28,36H,15-17H2,1-3H3,(H,34,35). The summed E-state index contributed by atoms with van der Waals surface area (Å²) in [7, 11) is 1.25. The van der Waals surface area contributed by atoms with Crippen LogP contribution in [0.1, 0.15) is 42.3 Å². The fourth-order valence-corrected chi connectivity index (χ4v) is 5.02. The number of methoxy groups -OCH3 is 1. The van der Waals surface area contributed by atoms with E-state index in [1.54, 1.807) is 50.5 Å². The van der Waals surface area contributed by atoms with Crippen molar-refractivity contribution < 1.29 is 28.6 Å². The van der Waals surface area contributed by atoms with Crippen molar-refractivity contribution in [1.29, 1.82) is 0 Å². The van der Waals surface area contributed by atoms with Crippen LogP contribution in [-0.4, -0.2) is 48.2 Å². The first-order valence-corrected chi connectivity index (χ1v) is 13.7. The molecule has 0 aliphatic carbocycles. The van der Waals surface area contributed by atoms with Crippen molar-refractivity contribution in [3.63, 3.8) is 0 Å². The molecule has 218 valence electrons. The van der Waals surface area contributed by atoms with Gasteiger partial charge in [-0.1, -0.05) is 59.6 Å². The highest BCUT2D eigenvalue weighted by molar-refractivity contribution is 6.42. The number of hydrogen-bond acceptors (Lipinski definition) is 8. The normalized spacial score (nSPS) is 15.0.